The van der Waals surface area contributed by atoms with Gasteiger partial charge in [-0.05, 0) is 67.3 Å². The van der Waals surface area contributed by atoms with Crippen LogP contribution in [0.4, 0.5) is 11.4 Å². The van der Waals surface area contributed by atoms with Gasteiger partial charge in [-0.15, -0.1) is 0 Å². The molecule has 170 valence electrons. The van der Waals surface area contributed by atoms with Crippen molar-refractivity contribution in [3.8, 4) is 6.07 Å². The van der Waals surface area contributed by atoms with Crippen LogP contribution >= 0.6 is 23.4 Å². The summed E-state index contributed by atoms with van der Waals surface area (Å²) in [5, 5.41) is 13.3. The molecule has 0 aliphatic carbocycles. The molecule has 3 aromatic carbocycles. The van der Waals surface area contributed by atoms with Gasteiger partial charge in [0.2, 0.25) is 5.91 Å². The smallest absolute Gasteiger partial charge is 0.269 e. The Hall–Kier alpha value is -3.53. The molecule has 0 aromatic heterocycles. The number of amides is 2. The van der Waals surface area contributed by atoms with Crippen LogP contribution in [-0.4, -0.2) is 17.1 Å². The van der Waals surface area contributed by atoms with E-state index in [0.29, 0.717) is 27.8 Å². The van der Waals surface area contributed by atoms with Crippen molar-refractivity contribution < 1.29 is 9.59 Å². The van der Waals surface area contributed by atoms with Crippen LogP contribution in [0.25, 0.3) is 0 Å². The van der Waals surface area contributed by atoms with Crippen LogP contribution in [0.3, 0.4) is 0 Å². The van der Waals surface area contributed by atoms with Gasteiger partial charge in [0.05, 0.1) is 5.25 Å². The number of carbonyl (C=O) groups excluding carboxylic acids is 2. The maximum absolute atomic E-state index is 13.5. The lowest BCUT2D eigenvalue weighted by molar-refractivity contribution is -0.117. The number of aryl methyl sites for hydroxylation is 2. The quantitative estimate of drug-likeness (QED) is 0.352. The number of nitriles is 1. The fourth-order valence-electron chi connectivity index (χ4n) is 3.73. The summed E-state index contributed by atoms with van der Waals surface area (Å²) in [4.78, 5) is 28.2. The van der Waals surface area contributed by atoms with Crippen molar-refractivity contribution in [1.29, 1.82) is 5.26 Å². The maximum atomic E-state index is 13.5. The number of hydrogen-bond acceptors (Lipinski definition) is 4. The standard InChI is InChI=1S/C27H22ClN3O2S/c1-17-11-12-18(2)23(13-17)30-25(32)22(16-29)27-31(21-9-4-3-5-10-21)26(33)24(34-27)15-19-7-6-8-20(28)14-19/h3-14,24H,15H2,1-2H3,(H,30,32). The number of thioether (sulfide) groups is 1. The average Bonchev–Trinajstić information content (AvgIpc) is 3.12. The van der Waals surface area contributed by atoms with Crippen LogP contribution in [0.5, 0.6) is 0 Å². The summed E-state index contributed by atoms with van der Waals surface area (Å²) in [5.74, 6) is -0.728. The Morgan fingerprint density at radius 1 is 1.09 bits per heavy atom. The summed E-state index contributed by atoms with van der Waals surface area (Å²) >= 11 is 7.36. The van der Waals surface area contributed by atoms with Crippen molar-refractivity contribution in [3.63, 3.8) is 0 Å². The van der Waals surface area contributed by atoms with Crippen LogP contribution in [0.2, 0.25) is 5.02 Å². The third-order valence-electron chi connectivity index (χ3n) is 5.47. The van der Waals surface area contributed by atoms with Crippen LogP contribution < -0.4 is 10.2 Å². The Labute approximate surface area is 208 Å². The minimum atomic E-state index is -0.546. The molecule has 0 spiro atoms. The first kappa shape index (κ1) is 23.6. The lowest BCUT2D eigenvalue weighted by Crippen LogP contribution is -2.30. The molecule has 1 atom stereocenters. The first-order valence-electron chi connectivity index (χ1n) is 10.7. The Morgan fingerprint density at radius 3 is 2.56 bits per heavy atom. The van der Waals surface area contributed by atoms with Crippen molar-refractivity contribution in [3.05, 3.63) is 105 Å². The van der Waals surface area contributed by atoms with Crippen molar-refractivity contribution in [1.82, 2.24) is 0 Å². The summed E-state index contributed by atoms with van der Waals surface area (Å²) in [7, 11) is 0. The van der Waals surface area contributed by atoms with Crippen molar-refractivity contribution in [2.24, 2.45) is 0 Å². The molecular weight excluding hydrogens is 466 g/mol. The zero-order valence-corrected chi connectivity index (χ0v) is 20.3. The molecule has 0 saturated carbocycles. The number of anilines is 2. The predicted molar refractivity (Wildman–Crippen MR) is 138 cm³/mol. The van der Waals surface area contributed by atoms with E-state index in [9.17, 15) is 14.9 Å². The zero-order valence-electron chi connectivity index (χ0n) is 18.7. The second-order valence-electron chi connectivity index (χ2n) is 8.01. The van der Waals surface area contributed by atoms with Gasteiger partial charge in [-0.3, -0.25) is 14.5 Å². The summed E-state index contributed by atoms with van der Waals surface area (Å²) < 4.78 is 0. The average molecular weight is 488 g/mol. The number of rotatable bonds is 5. The van der Waals surface area contributed by atoms with Gasteiger partial charge in [0.1, 0.15) is 16.7 Å². The highest BCUT2D eigenvalue weighted by Crippen LogP contribution is 2.42. The fraction of sp³-hybridized carbons (Fsp3) is 0.148. The molecule has 0 bridgehead atoms. The normalized spacial score (nSPS) is 16.8. The molecule has 1 fully saturated rings. The molecule has 3 aromatic rings. The molecule has 1 saturated heterocycles. The molecule has 7 heteroatoms. The van der Waals surface area contributed by atoms with Gasteiger partial charge in [0, 0.05) is 16.4 Å². The van der Waals surface area contributed by atoms with Gasteiger partial charge >= 0.3 is 0 Å². The maximum Gasteiger partial charge on any atom is 0.269 e. The largest absolute Gasteiger partial charge is 0.321 e. The monoisotopic (exact) mass is 487 g/mol. The number of hydrogen-bond donors (Lipinski definition) is 1. The van der Waals surface area contributed by atoms with Gasteiger partial charge in [-0.2, -0.15) is 5.26 Å². The lowest BCUT2D eigenvalue weighted by atomic mass is 10.1. The van der Waals surface area contributed by atoms with E-state index in [-0.39, 0.29) is 11.5 Å². The van der Waals surface area contributed by atoms with E-state index < -0.39 is 11.2 Å². The van der Waals surface area contributed by atoms with Gasteiger partial charge < -0.3 is 5.32 Å². The molecule has 2 amide bonds. The Bertz CT molecular complexity index is 1330. The summed E-state index contributed by atoms with van der Waals surface area (Å²) in [6.07, 6.45) is 0.425. The van der Waals surface area contributed by atoms with Crippen LogP contribution in [0.15, 0.2) is 83.4 Å². The first-order chi connectivity index (χ1) is 16.4. The van der Waals surface area contributed by atoms with E-state index in [1.165, 1.54) is 16.7 Å². The molecule has 4 rings (SSSR count). The number of halogens is 1. The topological polar surface area (TPSA) is 73.2 Å². The van der Waals surface area contributed by atoms with E-state index in [1.54, 1.807) is 18.2 Å². The van der Waals surface area contributed by atoms with Gasteiger partial charge in [-0.1, -0.05) is 65.8 Å². The van der Waals surface area contributed by atoms with Gasteiger partial charge in [0.15, 0.2) is 0 Å². The van der Waals surface area contributed by atoms with Crippen molar-refractivity contribution in [2.45, 2.75) is 25.5 Å². The SMILES string of the molecule is Cc1ccc(C)c(NC(=O)C(C#N)=C2SC(Cc3cccc(Cl)c3)C(=O)N2c2ccccc2)c1. The minimum absolute atomic E-state index is 0.100. The Balaban J connectivity index is 1.73. The predicted octanol–water partition coefficient (Wildman–Crippen LogP) is 6.02. The molecular formula is C27H22ClN3O2S. The molecule has 34 heavy (non-hydrogen) atoms. The van der Waals surface area contributed by atoms with Gasteiger partial charge in [-0.25, -0.2) is 0 Å². The second-order valence-corrected chi connectivity index (χ2v) is 9.64. The first-order valence-corrected chi connectivity index (χ1v) is 12.0. The zero-order chi connectivity index (χ0) is 24.2. The third-order valence-corrected chi connectivity index (χ3v) is 6.97. The summed E-state index contributed by atoms with van der Waals surface area (Å²) in [6, 6.07) is 24.2. The molecule has 1 heterocycles. The molecule has 1 aliphatic rings. The highest BCUT2D eigenvalue weighted by Gasteiger charge is 2.40. The molecule has 5 nitrogen and oxygen atoms in total. The van der Waals surface area contributed by atoms with Crippen LogP contribution in [0, 0.1) is 25.2 Å². The van der Waals surface area contributed by atoms with E-state index in [0.717, 1.165) is 16.7 Å². The highest BCUT2D eigenvalue weighted by atomic mass is 35.5. The molecule has 1 aliphatic heterocycles. The van der Waals surface area contributed by atoms with Gasteiger partial charge in [0.25, 0.3) is 5.91 Å². The van der Waals surface area contributed by atoms with Crippen LogP contribution in [-0.2, 0) is 16.0 Å². The number of carbonyl (C=O) groups is 2. The summed E-state index contributed by atoms with van der Waals surface area (Å²) in [5.41, 5.74) is 3.92. The Morgan fingerprint density at radius 2 is 1.85 bits per heavy atom. The minimum Gasteiger partial charge on any atom is -0.321 e. The van der Waals surface area contributed by atoms with E-state index in [2.05, 4.69) is 5.32 Å². The molecule has 1 unspecified atom stereocenters. The number of benzene rings is 3. The van der Waals surface area contributed by atoms with E-state index >= 15 is 0 Å². The lowest BCUT2D eigenvalue weighted by Gasteiger charge is -2.19. The van der Waals surface area contributed by atoms with E-state index in [4.69, 9.17) is 11.6 Å². The van der Waals surface area contributed by atoms with Crippen LogP contribution in [0.1, 0.15) is 16.7 Å². The fourth-order valence-corrected chi connectivity index (χ4v) is 5.25. The number of nitrogens with one attached hydrogen (secondary N) is 1. The third kappa shape index (κ3) is 5.01. The van der Waals surface area contributed by atoms with Crippen molar-refractivity contribution in [2.75, 3.05) is 10.2 Å². The van der Waals surface area contributed by atoms with Crippen molar-refractivity contribution >= 4 is 46.6 Å². The summed E-state index contributed by atoms with van der Waals surface area (Å²) in [6.45, 7) is 3.82. The van der Waals surface area contributed by atoms with E-state index in [1.807, 2.05) is 74.5 Å². The second kappa shape index (κ2) is 10.2. The number of nitrogens with zero attached hydrogens (tertiary/aromatic N) is 2. The highest BCUT2D eigenvalue weighted by molar-refractivity contribution is 8.05. The Kier molecular flexibility index (Phi) is 7.06. The molecule has 1 N–H and O–H groups in total. The molecule has 0 radical (unpaired) electrons. The number of para-hydroxylation sites is 1.